The number of aromatic nitrogens is 2. The number of rotatable bonds is 4. The normalized spacial score (nSPS) is 10.7. The van der Waals surface area contributed by atoms with Crippen molar-refractivity contribution in [3.05, 3.63) is 34.3 Å². The Balaban J connectivity index is 2.31. The van der Waals surface area contributed by atoms with Crippen molar-refractivity contribution in [2.75, 3.05) is 19.0 Å². The summed E-state index contributed by atoms with van der Waals surface area (Å²) in [7, 11) is 3.96. The van der Waals surface area contributed by atoms with E-state index in [-0.39, 0.29) is 0 Å². The first kappa shape index (κ1) is 13.1. The van der Waals surface area contributed by atoms with Crippen LogP contribution in [0.5, 0.6) is 0 Å². The van der Waals surface area contributed by atoms with E-state index >= 15 is 0 Å². The van der Waals surface area contributed by atoms with Gasteiger partial charge < -0.3 is 4.90 Å². The number of nitrogens with zero attached hydrogens (tertiary/aromatic N) is 2. The van der Waals surface area contributed by atoms with Crippen molar-refractivity contribution in [3.63, 3.8) is 0 Å². The van der Waals surface area contributed by atoms with Crippen molar-refractivity contribution in [1.29, 1.82) is 0 Å². The van der Waals surface area contributed by atoms with Crippen LogP contribution in [0.3, 0.4) is 0 Å². The summed E-state index contributed by atoms with van der Waals surface area (Å²) in [4.78, 5) is 1.98. The Labute approximate surface area is 116 Å². The largest absolute Gasteiger partial charge is 0.360 e. The molecule has 0 atom stereocenters. The van der Waals surface area contributed by atoms with Gasteiger partial charge in [-0.15, -0.1) is 0 Å². The van der Waals surface area contributed by atoms with Gasteiger partial charge in [0.05, 0.1) is 10.2 Å². The molecule has 1 N–H and O–H groups in total. The van der Waals surface area contributed by atoms with Crippen LogP contribution in [-0.2, 0) is 6.42 Å². The molecule has 0 bridgehead atoms. The second-order valence-electron chi connectivity index (χ2n) is 4.58. The lowest BCUT2D eigenvalue weighted by Crippen LogP contribution is -2.09. The molecule has 3 nitrogen and oxygen atoms in total. The van der Waals surface area contributed by atoms with E-state index in [9.17, 15) is 0 Å². The van der Waals surface area contributed by atoms with Crippen molar-refractivity contribution in [2.45, 2.75) is 19.8 Å². The minimum Gasteiger partial charge on any atom is -0.360 e. The number of benzene rings is 1. The second-order valence-corrected chi connectivity index (χ2v) is 5.37. The first-order valence-corrected chi connectivity index (χ1v) is 6.93. The lowest BCUT2D eigenvalue weighted by molar-refractivity contribution is 0.922. The van der Waals surface area contributed by atoms with E-state index in [1.807, 2.05) is 19.0 Å². The highest BCUT2D eigenvalue weighted by atomic mass is 79.9. The molecule has 0 spiro atoms. The number of H-pyrrole nitrogens is 1. The number of hydrogen-bond acceptors (Lipinski definition) is 2. The van der Waals surface area contributed by atoms with Gasteiger partial charge in [0.25, 0.3) is 0 Å². The Hall–Kier alpha value is -1.29. The van der Waals surface area contributed by atoms with E-state index in [4.69, 9.17) is 0 Å². The number of nitrogens with one attached hydrogen (secondary N) is 1. The Morgan fingerprint density at radius 1 is 1.22 bits per heavy atom. The van der Waals surface area contributed by atoms with E-state index in [0.717, 1.165) is 28.0 Å². The van der Waals surface area contributed by atoms with Gasteiger partial charge in [-0.3, -0.25) is 5.10 Å². The SMILES string of the molecule is CCCc1ccc(-c2[nH]nc(N(C)C)c2Br)cc1. The Kier molecular flexibility index (Phi) is 4.07. The zero-order chi connectivity index (χ0) is 13.1. The highest BCUT2D eigenvalue weighted by Crippen LogP contribution is 2.33. The smallest absolute Gasteiger partial charge is 0.164 e. The van der Waals surface area contributed by atoms with Crippen molar-refractivity contribution in [2.24, 2.45) is 0 Å². The van der Waals surface area contributed by atoms with Crippen LogP contribution >= 0.6 is 15.9 Å². The van der Waals surface area contributed by atoms with Crippen molar-refractivity contribution in [1.82, 2.24) is 10.2 Å². The van der Waals surface area contributed by atoms with Gasteiger partial charge in [0.2, 0.25) is 0 Å². The molecule has 0 aliphatic carbocycles. The van der Waals surface area contributed by atoms with Crippen molar-refractivity contribution < 1.29 is 0 Å². The Bertz CT molecular complexity index is 514. The first-order valence-electron chi connectivity index (χ1n) is 6.14. The minimum atomic E-state index is 0.919. The van der Waals surface area contributed by atoms with Crippen LogP contribution in [0.4, 0.5) is 5.82 Å². The van der Waals surface area contributed by atoms with Crippen LogP contribution < -0.4 is 4.90 Å². The maximum atomic E-state index is 4.30. The second kappa shape index (κ2) is 5.57. The molecule has 0 amide bonds. The number of anilines is 1. The molecular formula is C14H18BrN3. The van der Waals surface area contributed by atoms with E-state index in [1.165, 1.54) is 12.0 Å². The predicted octanol–water partition coefficient (Wildman–Crippen LogP) is 3.86. The molecule has 4 heteroatoms. The fraction of sp³-hybridized carbons (Fsp3) is 0.357. The summed E-state index contributed by atoms with van der Waals surface area (Å²) in [5, 5.41) is 7.39. The standard InChI is InChI=1S/C14H18BrN3/c1-4-5-10-6-8-11(9-7-10)13-12(15)14(17-16-13)18(2)3/h6-9H,4-5H2,1-3H3,(H,16,17). The van der Waals surface area contributed by atoms with Crippen LogP contribution in [0.15, 0.2) is 28.7 Å². The molecule has 0 fully saturated rings. The fourth-order valence-electron chi connectivity index (χ4n) is 1.93. The lowest BCUT2D eigenvalue weighted by Gasteiger charge is -2.08. The first-order chi connectivity index (χ1) is 8.63. The molecule has 1 aromatic carbocycles. The van der Waals surface area contributed by atoms with Crippen LogP contribution in [0.25, 0.3) is 11.3 Å². The van der Waals surface area contributed by atoms with E-state index in [0.29, 0.717) is 0 Å². The molecule has 2 aromatic rings. The zero-order valence-corrected chi connectivity index (χ0v) is 12.6. The number of aromatic amines is 1. The van der Waals surface area contributed by atoms with Gasteiger partial charge in [0.1, 0.15) is 0 Å². The third kappa shape index (κ3) is 2.58. The van der Waals surface area contributed by atoms with E-state index < -0.39 is 0 Å². The predicted molar refractivity (Wildman–Crippen MR) is 80.0 cm³/mol. The van der Waals surface area contributed by atoms with Gasteiger partial charge in [-0.1, -0.05) is 37.6 Å². The summed E-state index contributed by atoms with van der Waals surface area (Å²) in [6.07, 6.45) is 2.31. The average Bonchev–Trinajstić information content (AvgIpc) is 2.73. The average molecular weight is 308 g/mol. The highest BCUT2D eigenvalue weighted by Gasteiger charge is 2.13. The maximum Gasteiger partial charge on any atom is 0.164 e. The Morgan fingerprint density at radius 2 is 1.89 bits per heavy atom. The van der Waals surface area contributed by atoms with Gasteiger partial charge in [-0.05, 0) is 27.9 Å². The quantitative estimate of drug-likeness (QED) is 0.930. The lowest BCUT2D eigenvalue weighted by atomic mass is 10.1. The summed E-state index contributed by atoms with van der Waals surface area (Å²) in [5.74, 6) is 0.919. The summed E-state index contributed by atoms with van der Waals surface area (Å²) >= 11 is 3.60. The molecular weight excluding hydrogens is 290 g/mol. The monoisotopic (exact) mass is 307 g/mol. The molecule has 0 aliphatic rings. The molecule has 1 aromatic heterocycles. The van der Waals surface area contributed by atoms with Gasteiger partial charge in [-0.25, -0.2) is 0 Å². The molecule has 0 radical (unpaired) electrons. The third-order valence-electron chi connectivity index (χ3n) is 2.89. The highest BCUT2D eigenvalue weighted by molar-refractivity contribution is 9.10. The maximum absolute atomic E-state index is 4.30. The molecule has 0 saturated heterocycles. The summed E-state index contributed by atoms with van der Waals surface area (Å²) in [5.41, 5.74) is 3.56. The summed E-state index contributed by atoms with van der Waals surface area (Å²) in [6, 6.07) is 8.65. The van der Waals surface area contributed by atoms with Gasteiger partial charge >= 0.3 is 0 Å². The number of hydrogen-bond donors (Lipinski definition) is 1. The van der Waals surface area contributed by atoms with Gasteiger partial charge in [0, 0.05) is 19.7 Å². The fourth-order valence-corrected chi connectivity index (χ4v) is 2.69. The van der Waals surface area contributed by atoms with Crippen LogP contribution in [-0.4, -0.2) is 24.3 Å². The Morgan fingerprint density at radius 3 is 2.39 bits per heavy atom. The molecule has 1 heterocycles. The molecule has 2 rings (SSSR count). The minimum absolute atomic E-state index is 0.919. The molecule has 18 heavy (non-hydrogen) atoms. The summed E-state index contributed by atoms with van der Waals surface area (Å²) < 4.78 is 1.01. The number of aryl methyl sites for hydroxylation is 1. The van der Waals surface area contributed by atoms with Gasteiger partial charge in [-0.2, -0.15) is 5.10 Å². The number of halogens is 1. The topological polar surface area (TPSA) is 31.9 Å². The van der Waals surface area contributed by atoms with Crippen LogP contribution in [0, 0.1) is 0 Å². The molecule has 0 unspecified atom stereocenters. The zero-order valence-electron chi connectivity index (χ0n) is 11.0. The van der Waals surface area contributed by atoms with Gasteiger partial charge in [0.15, 0.2) is 5.82 Å². The van der Waals surface area contributed by atoms with Crippen LogP contribution in [0.1, 0.15) is 18.9 Å². The molecule has 0 saturated carbocycles. The molecule has 0 aliphatic heterocycles. The van der Waals surface area contributed by atoms with Crippen molar-refractivity contribution in [3.8, 4) is 11.3 Å². The van der Waals surface area contributed by atoms with E-state index in [2.05, 4.69) is 57.3 Å². The van der Waals surface area contributed by atoms with E-state index in [1.54, 1.807) is 0 Å². The molecule has 96 valence electrons. The van der Waals surface area contributed by atoms with Crippen LogP contribution in [0.2, 0.25) is 0 Å². The summed E-state index contributed by atoms with van der Waals surface area (Å²) in [6.45, 7) is 2.20. The third-order valence-corrected chi connectivity index (χ3v) is 3.65. The van der Waals surface area contributed by atoms with Crippen molar-refractivity contribution >= 4 is 21.7 Å².